The van der Waals surface area contributed by atoms with Crippen molar-refractivity contribution in [3.8, 4) is 0 Å². The van der Waals surface area contributed by atoms with Gasteiger partial charge in [-0.25, -0.2) is 0 Å². The van der Waals surface area contributed by atoms with Crippen LogP contribution in [-0.2, 0) is 0 Å². The summed E-state index contributed by atoms with van der Waals surface area (Å²) >= 11 is 1.74. The average Bonchev–Trinajstić information content (AvgIpc) is 2.67. The summed E-state index contributed by atoms with van der Waals surface area (Å²) in [5.74, 6) is 0.894. The van der Waals surface area contributed by atoms with E-state index in [1.54, 1.807) is 11.9 Å². The van der Waals surface area contributed by atoms with E-state index in [-0.39, 0.29) is 0 Å². The highest BCUT2D eigenvalue weighted by Gasteiger charge is 2.31. The molecule has 0 amide bonds. The van der Waals surface area contributed by atoms with Crippen LogP contribution in [0.3, 0.4) is 0 Å². The fourth-order valence-corrected chi connectivity index (χ4v) is 2.47. The second-order valence-corrected chi connectivity index (χ2v) is 4.83. The first-order valence-electron chi connectivity index (χ1n) is 5.17. The predicted octanol–water partition coefficient (Wildman–Crippen LogP) is 1.90. The van der Waals surface area contributed by atoms with Gasteiger partial charge in [-0.05, 0) is 37.1 Å². The maximum atomic E-state index is 3.44. The lowest BCUT2D eigenvalue weighted by Gasteiger charge is -2.02. The largest absolute Gasteiger partial charge is 0.310 e. The Bertz CT molecular complexity index is 187. The minimum atomic E-state index is 0.630. The molecule has 2 aliphatic rings. The van der Waals surface area contributed by atoms with Gasteiger partial charge in [0.25, 0.3) is 0 Å². The van der Waals surface area contributed by atoms with E-state index < -0.39 is 0 Å². The van der Waals surface area contributed by atoms with Gasteiger partial charge in [-0.1, -0.05) is 24.9 Å². The molecule has 2 rings (SSSR count). The normalized spacial score (nSPS) is 38.7. The van der Waals surface area contributed by atoms with Crippen molar-refractivity contribution in [3.05, 3.63) is 11.5 Å². The fraction of sp³-hybridized carbons (Fsp3) is 0.800. The molecule has 1 saturated carbocycles. The van der Waals surface area contributed by atoms with E-state index in [1.165, 1.54) is 25.8 Å². The van der Waals surface area contributed by atoms with Crippen molar-refractivity contribution in [2.24, 2.45) is 5.92 Å². The zero-order valence-corrected chi connectivity index (χ0v) is 8.94. The van der Waals surface area contributed by atoms with E-state index in [4.69, 9.17) is 0 Å². The summed E-state index contributed by atoms with van der Waals surface area (Å²) in [5.41, 5.74) is 0. The number of hydrogen-bond donors (Lipinski definition) is 2. The van der Waals surface area contributed by atoms with E-state index >= 15 is 0 Å². The van der Waals surface area contributed by atoms with Crippen LogP contribution in [0, 0.1) is 5.92 Å². The standard InChI is InChI=1S/C10H18N2S/c1-8-7-10(8)12-13-6-4-9-3-2-5-11-9/h4,6,8-12H,2-3,5,7H2,1H3/b6-4+. The predicted molar refractivity (Wildman–Crippen MR) is 58.5 cm³/mol. The van der Waals surface area contributed by atoms with Crippen LogP contribution in [0.2, 0.25) is 0 Å². The van der Waals surface area contributed by atoms with Crippen LogP contribution in [0.15, 0.2) is 11.5 Å². The Morgan fingerprint density at radius 3 is 3.00 bits per heavy atom. The SMILES string of the molecule is CC1CC1NS/C=C/C1CCCN1. The summed E-state index contributed by atoms with van der Waals surface area (Å²) in [4.78, 5) is 0. The summed E-state index contributed by atoms with van der Waals surface area (Å²) in [6.07, 6.45) is 6.25. The Labute approximate surface area is 84.7 Å². The van der Waals surface area contributed by atoms with E-state index in [0.29, 0.717) is 6.04 Å². The molecular weight excluding hydrogens is 180 g/mol. The molecule has 13 heavy (non-hydrogen) atoms. The van der Waals surface area contributed by atoms with Crippen molar-refractivity contribution >= 4 is 11.9 Å². The minimum absolute atomic E-state index is 0.630. The van der Waals surface area contributed by atoms with Crippen molar-refractivity contribution in [3.63, 3.8) is 0 Å². The topological polar surface area (TPSA) is 24.1 Å². The Hall–Kier alpha value is 0.01000. The first-order chi connectivity index (χ1) is 6.36. The summed E-state index contributed by atoms with van der Waals surface area (Å²) < 4.78 is 3.43. The van der Waals surface area contributed by atoms with Gasteiger partial charge in [0.15, 0.2) is 0 Å². The Morgan fingerprint density at radius 2 is 2.38 bits per heavy atom. The molecule has 2 nitrogen and oxygen atoms in total. The zero-order valence-electron chi connectivity index (χ0n) is 8.12. The van der Waals surface area contributed by atoms with Gasteiger partial charge in [-0.2, -0.15) is 0 Å². The fourth-order valence-electron chi connectivity index (χ4n) is 1.62. The van der Waals surface area contributed by atoms with Crippen molar-refractivity contribution in [1.29, 1.82) is 0 Å². The van der Waals surface area contributed by atoms with Gasteiger partial charge >= 0.3 is 0 Å². The second kappa shape index (κ2) is 4.49. The molecule has 1 saturated heterocycles. The van der Waals surface area contributed by atoms with Gasteiger partial charge in [-0.15, -0.1) is 0 Å². The minimum Gasteiger partial charge on any atom is -0.310 e. The van der Waals surface area contributed by atoms with E-state index in [2.05, 4.69) is 28.4 Å². The summed E-state index contributed by atoms with van der Waals surface area (Å²) in [6.45, 7) is 3.48. The van der Waals surface area contributed by atoms with Crippen molar-refractivity contribution in [2.75, 3.05) is 6.54 Å². The first kappa shape index (κ1) is 9.56. The maximum Gasteiger partial charge on any atom is 0.0258 e. The lowest BCUT2D eigenvalue weighted by Crippen LogP contribution is -2.18. The molecule has 2 fully saturated rings. The molecular formula is C10H18N2S. The molecule has 3 atom stereocenters. The third-order valence-corrected chi connectivity index (χ3v) is 3.54. The van der Waals surface area contributed by atoms with E-state index in [1.807, 2.05) is 0 Å². The van der Waals surface area contributed by atoms with Gasteiger partial charge in [-0.3, -0.25) is 4.72 Å². The molecule has 0 bridgehead atoms. The number of rotatable bonds is 4. The lowest BCUT2D eigenvalue weighted by molar-refractivity contribution is 0.728. The van der Waals surface area contributed by atoms with E-state index in [9.17, 15) is 0 Å². The zero-order chi connectivity index (χ0) is 9.10. The third-order valence-electron chi connectivity index (χ3n) is 2.81. The van der Waals surface area contributed by atoms with Gasteiger partial charge in [0, 0.05) is 12.1 Å². The molecule has 1 aliphatic heterocycles. The molecule has 2 N–H and O–H groups in total. The molecule has 0 aromatic carbocycles. The third kappa shape index (κ3) is 3.01. The van der Waals surface area contributed by atoms with Gasteiger partial charge < -0.3 is 5.32 Å². The highest BCUT2D eigenvalue weighted by atomic mass is 32.2. The second-order valence-electron chi connectivity index (χ2n) is 4.09. The highest BCUT2D eigenvalue weighted by molar-refractivity contribution is 8.00. The van der Waals surface area contributed by atoms with Gasteiger partial charge in [0.2, 0.25) is 0 Å². The molecule has 3 unspecified atom stereocenters. The maximum absolute atomic E-state index is 3.44. The van der Waals surface area contributed by atoms with Crippen molar-refractivity contribution < 1.29 is 0 Å². The molecule has 1 heterocycles. The average molecular weight is 198 g/mol. The highest BCUT2D eigenvalue weighted by Crippen LogP contribution is 2.30. The number of hydrogen-bond acceptors (Lipinski definition) is 3. The van der Waals surface area contributed by atoms with Gasteiger partial charge in [0.1, 0.15) is 0 Å². The first-order valence-corrected chi connectivity index (χ1v) is 6.05. The smallest absolute Gasteiger partial charge is 0.0258 e. The van der Waals surface area contributed by atoms with Crippen LogP contribution in [0.1, 0.15) is 26.2 Å². The Balaban J connectivity index is 1.56. The van der Waals surface area contributed by atoms with Crippen LogP contribution in [0.25, 0.3) is 0 Å². The summed E-state index contributed by atoms with van der Waals surface area (Å²) in [5, 5.41) is 5.63. The quantitative estimate of drug-likeness (QED) is 0.675. The summed E-state index contributed by atoms with van der Waals surface area (Å²) in [6, 6.07) is 1.40. The molecule has 0 aromatic rings. The van der Waals surface area contributed by atoms with Crippen molar-refractivity contribution in [1.82, 2.24) is 10.0 Å². The van der Waals surface area contributed by atoms with Crippen LogP contribution in [0.5, 0.6) is 0 Å². The molecule has 0 aromatic heterocycles. The number of nitrogens with one attached hydrogen (secondary N) is 2. The molecule has 1 aliphatic carbocycles. The van der Waals surface area contributed by atoms with Crippen LogP contribution in [-0.4, -0.2) is 18.6 Å². The Kier molecular flexibility index (Phi) is 3.30. The molecule has 74 valence electrons. The lowest BCUT2D eigenvalue weighted by atomic mass is 10.2. The molecule has 3 heteroatoms. The van der Waals surface area contributed by atoms with E-state index in [0.717, 1.165) is 12.0 Å². The molecule has 0 spiro atoms. The van der Waals surface area contributed by atoms with Crippen LogP contribution < -0.4 is 10.0 Å². The van der Waals surface area contributed by atoms with Crippen LogP contribution >= 0.6 is 11.9 Å². The Morgan fingerprint density at radius 1 is 1.54 bits per heavy atom. The monoisotopic (exact) mass is 198 g/mol. The van der Waals surface area contributed by atoms with Gasteiger partial charge in [0.05, 0.1) is 0 Å². The van der Waals surface area contributed by atoms with Crippen molar-refractivity contribution in [2.45, 2.75) is 38.3 Å². The molecule has 0 radical (unpaired) electrons. The van der Waals surface area contributed by atoms with Crippen LogP contribution in [0.4, 0.5) is 0 Å². The summed E-state index contributed by atoms with van der Waals surface area (Å²) in [7, 11) is 0.